The van der Waals surface area contributed by atoms with Crippen LogP contribution in [0.3, 0.4) is 0 Å². The van der Waals surface area contributed by atoms with Crippen LogP contribution in [-0.2, 0) is 4.84 Å². The van der Waals surface area contributed by atoms with Crippen LogP contribution >= 0.6 is 0 Å². The van der Waals surface area contributed by atoms with Gasteiger partial charge in [-0.3, -0.25) is 9.63 Å². The molecule has 1 amide bonds. The van der Waals surface area contributed by atoms with E-state index in [0.29, 0.717) is 5.82 Å². The lowest BCUT2D eigenvalue weighted by atomic mass is 10.2. The summed E-state index contributed by atoms with van der Waals surface area (Å²) in [6, 6.07) is 11.0. The minimum absolute atomic E-state index is 0.265. The van der Waals surface area contributed by atoms with Crippen LogP contribution < -0.4 is 5.48 Å². The number of aromatic nitrogens is 2. The Kier molecular flexibility index (Phi) is 3.42. The second-order valence-corrected chi connectivity index (χ2v) is 3.27. The predicted octanol–water partition coefficient (Wildman–Crippen LogP) is 1.43. The molecule has 0 radical (unpaired) electrons. The lowest BCUT2D eigenvalue weighted by molar-refractivity contribution is 0.0532. The molecule has 1 N–H and O–H groups in total. The highest BCUT2D eigenvalue weighted by Gasteiger charge is 2.08. The van der Waals surface area contributed by atoms with Gasteiger partial charge in [0.2, 0.25) is 0 Å². The third kappa shape index (κ3) is 2.64. The molecule has 5 heteroatoms. The van der Waals surface area contributed by atoms with Gasteiger partial charge in [-0.15, -0.1) is 0 Å². The van der Waals surface area contributed by atoms with Gasteiger partial charge in [-0.05, 0) is 6.07 Å². The lowest BCUT2D eigenvalue weighted by Gasteiger charge is -2.03. The summed E-state index contributed by atoms with van der Waals surface area (Å²) in [5, 5.41) is 0. The topological polar surface area (TPSA) is 64.1 Å². The first kappa shape index (κ1) is 11.2. The van der Waals surface area contributed by atoms with Crippen molar-refractivity contribution in [3.8, 4) is 11.4 Å². The number of carbonyl (C=O) groups is 1. The highest BCUT2D eigenvalue weighted by Crippen LogP contribution is 2.13. The molecule has 0 spiro atoms. The van der Waals surface area contributed by atoms with Gasteiger partial charge in [-0.2, -0.15) is 0 Å². The van der Waals surface area contributed by atoms with Crippen molar-refractivity contribution in [1.29, 1.82) is 0 Å². The van der Waals surface area contributed by atoms with Crippen LogP contribution in [0, 0.1) is 0 Å². The fourth-order valence-corrected chi connectivity index (χ4v) is 1.36. The maximum absolute atomic E-state index is 11.5. The molecule has 1 aromatic carbocycles. The van der Waals surface area contributed by atoms with Crippen molar-refractivity contribution >= 4 is 5.91 Å². The SMILES string of the molecule is CONC(=O)c1ccnc(-c2ccccc2)n1. The number of carbonyl (C=O) groups excluding carboxylic acids is 1. The number of hydrogen-bond acceptors (Lipinski definition) is 4. The Hall–Kier alpha value is -2.27. The summed E-state index contributed by atoms with van der Waals surface area (Å²) in [7, 11) is 1.37. The van der Waals surface area contributed by atoms with Crippen LogP contribution in [0.5, 0.6) is 0 Å². The average molecular weight is 229 g/mol. The van der Waals surface area contributed by atoms with E-state index in [0.717, 1.165) is 5.56 Å². The summed E-state index contributed by atoms with van der Waals surface area (Å²) < 4.78 is 0. The minimum Gasteiger partial charge on any atom is -0.277 e. The van der Waals surface area contributed by atoms with Gasteiger partial charge in [0.1, 0.15) is 5.69 Å². The monoisotopic (exact) mass is 229 g/mol. The Morgan fingerprint density at radius 3 is 2.71 bits per heavy atom. The lowest BCUT2D eigenvalue weighted by Crippen LogP contribution is -2.23. The third-order valence-electron chi connectivity index (χ3n) is 2.11. The summed E-state index contributed by atoms with van der Waals surface area (Å²) in [6.45, 7) is 0. The summed E-state index contributed by atoms with van der Waals surface area (Å²) in [5.74, 6) is 0.112. The average Bonchev–Trinajstić information content (AvgIpc) is 2.40. The number of benzene rings is 1. The molecule has 0 saturated heterocycles. The molecule has 0 unspecified atom stereocenters. The van der Waals surface area contributed by atoms with E-state index in [1.807, 2.05) is 30.3 Å². The number of hydrogen-bond donors (Lipinski definition) is 1. The Morgan fingerprint density at radius 1 is 1.24 bits per heavy atom. The maximum atomic E-state index is 11.5. The van der Waals surface area contributed by atoms with Crippen molar-refractivity contribution in [3.05, 3.63) is 48.3 Å². The molecule has 0 atom stereocenters. The van der Waals surface area contributed by atoms with Crippen LogP contribution in [0.15, 0.2) is 42.6 Å². The second-order valence-electron chi connectivity index (χ2n) is 3.27. The van der Waals surface area contributed by atoms with Crippen LogP contribution in [0.1, 0.15) is 10.5 Å². The van der Waals surface area contributed by atoms with Gasteiger partial charge in [-0.25, -0.2) is 15.4 Å². The van der Waals surface area contributed by atoms with Gasteiger partial charge in [0.05, 0.1) is 7.11 Å². The first-order chi connectivity index (χ1) is 8.31. The van der Waals surface area contributed by atoms with Crippen LogP contribution in [0.25, 0.3) is 11.4 Å². The second kappa shape index (κ2) is 5.18. The Morgan fingerprint density at radius 2 is 2.00 bits per heavy atom. The Balaban J connectivity index is 2.32. The predicted molar refractivity (Wildman–Crippen MR) is 61.9 cm³/mol. The van der Waals surface area contributed by atoms with Crippen molar-refractivity contribution < 1.29 is 9.63 Å². The zero-order chi connectivity index (χ0) is 12.1. The fraction of sp³-hybridized carbons (Fsp3) is 0.0833. The molecule has 1 aromatic heterocycles. The normalized spacial score (nSPS) is 9.94. The molecule has 2 rings (SSSR count). The van der Waals surface area contributed by atoms with Crippen molar-refractivity contribution in [3.63, 3.8) is 0 Å². The molecule has 0 aliphatic rings. The molecule has 17 heavy (non-hydrogen) atoms. The van der Waals surface area contributed by atoms with Crippen molar-refractivity contribution in [2.24, 2.45) is 0 Å². The third-order valence-corrected chi connectivity index (χ3v) is 2.11. The molecule has 0 bridgehead atoms. The smallest absolute Gasteiger partial charge is 0.277 e. The highest BCUT2D eigenvalue weighted by molar-refractivity contribution is 5.91. The van der Waals surface area contributed by atoms with Gasteiger partial charge in [0.25, 0.3) is 5.91 Å². The largest absolute Gasteiger partial charge is 0.293 e. The van der Waals surface area contributed by atoms with Gasteiger partial charge < -0.3 is 0 Å². The molecule has 0 fully saturated rings. The summed E-state index contributed by atoms with van der Waals surface area (Å²) >= 11 is 0. The number of rotatable bonds is 3. The van der Waals surface area contributed by atoms with E-state index in [2.05, 4.69) is 20.3 Å². The quantitative estimate of drug-likeness (QED) is 0.809. The molecule has 86 valence electrons. The van der Waals surface area contributed by atoms with E-state index >= 15 is 0 Å². The van der Waals surface area contributed by atoms with Crippen LogP contribution in [-0.4, -0.2) is 23.0 Å². The van der Waals surface area contributed by atoms with Crippen molar-refractivity contribution in [2.45, 2.75) is 0 Å². The zero-order valence-corrected chi connectivity index (χ0v) is 9.25. The van der Waals surface area contributed by atoms with E-state index in [4.69, 9.17) is 0 Å². The number of hydroxylamine groups is 1. The summed E-state index contributed by atoms with van der Waals surface area (Å²) in [6.07, 6.45) is 1.54. The maximum Gasteiger partial charge on any atom is 0.293 e. The first-order valence-corrected chi connectivity index (χ1v) is 5.03. The molecule has 5 nitrogen and oxygen atoms in total. The van der Waals surface area contributed by atoms with Gasteiger partial charge >= 0.3 is 0 Å². The number of nitrogens with zero attached hydrogens (tertiary/aromatic N) is 2. The zero-order valence-electron chi connectivity index (χ0n) is 9.25. The first-order valence-electron chi connectivity index (χ1n) is 5.03. The van der Waals surface area contributed by atoms with Gasteiger partial charge in [0.15, 0.2) is 5.82 Å². The van der Waals surface area contributed by atoms with E-state index in [1.54, 1.807) is 6.20 Å². The summed E-state index contributed by atoms with van der Waals surface area (Å²) in [4.78, 5) is 24.3. The summed E-state index contributed by atoms with van der Waals surface area (Å²) in [5.41, 5.74) is 3.34. The minimum atomic E-state index is -0.396. The van der Waals surface area contributed by atoms with Crippen LogP contribution in [0.2, 0.25) is 0 Å². The number of amides is 1. The van der Waals surface area contributed by atoms with E-state index in [1.165, 1.54) is 13.2 Å². The standard InChI is InChI=1S/C12H11N3O2/c1-17-15-12(16)10-7-8-13-11(14-10)9-5-3-2-4-6-9/h2-8H,1H3,(H,15,16). The number of nitrogens with one attached hydrogen (secondary N) is 1. The molecule has 0 aliphatic carbocycles. The highest BCUT2D eigenvalue weighted by atomic mass is 16.6. The van der Waals surface area contributed by atoms with E-state index < -0.39 is 5.91 Å². The molecule has 0 aliphatic heterocycles. The van der Waals surface area contributed by atoms with E-state index in [-0.39, 0.29) is 5.69 Å². The van der Waals surface area contributed by atoms with Gasteiger partial charge in [0, 0.05) is 11.8 Å². The fourth-order valence-electron chi connectivity index (χ4n) is 1.36. The Labute approximate surface area is 98.4 Å². The molecule has 1 heterocycles. The molecule has 0 saturated carbocycles. The molecular formula is C12H11N3O2. The van der Waals surface area contributed by atoms with Crippen molar-refractivity contribution in [1.82, 2.24) is 15.4 Å². The van der Waals surface area contributed by atoms with Gasteiger partial charge in [-0.1, -0.05) is 30.3 Å². The molecular weight excluding hydrogens is 218 g/mol. The molecule has 2 aromatic rings. The van der Waals surface area contributed by atoms with E-state index in [9.17, 15) is 4.79 Å². The van der Waals surface area contributed by atoms with Crippen LogP contribution in [0.4, 0.5) is 0 Å². The Bertz CT molecular complexity index is 514. The van der Waals surface area contributed by atoms with Crippen molar-refractivity contribution in [2.75, 3.05) is 7.11 Å².